The van der Waals surface area contributed by atoms with Gasteiger partial charge in [-0.1, -0.05) is 12.1 Å². The number of benzene rings is 1. The van der Waals surface area contributed by atoms with Gasteiger partial charge in [0.2, 0.25) is 0 Å². The Balaban J connectivity index is 2.12. The summed E-state index contributed by atoms with van der Waals surface area (Å²) in [7, 11) is 3.52. The minimum atomic E-state index is 0.608. The fourth-order valence-corrected chi connectivity index (χ4v) is 2.37. The lowest BCUT2D eigenvalue weighted by Crippen LogP contribution is -1.98. The monoisotopic (exact) mass is 283 g/mol. The van der Waals surface area contributed by atoms with Crippen LogP contribution in [0.1, 0.15) is 5.69 Å². The Bertz CT molecular complexity index is 787. The number of para-hydroxylation sites is 2. The van der Waals surface area contributed by atoms with Crippen LogP contribution in [-0.4, -0.2) is 26.7 Å². The van der Waals surface area contributed by atoms with Gasteiger partial charge in [-0.2, -0.15) is 10.2 Å². The van der Waals surface area contributed by atoms with Crippen molar-refractivity contribution in [3.8, 4) is 22.7 Å². The molecule has 3 aromatic rings. The van der Waals surface area contributed by atoms with Gasteiger partial charge in [0.05, 0.1) is 24.7 Å². The highest BCUT2D eigenvalue weighted by atomic mass is 16.5. The highest BCUT2D eigenvalue weighted by Gasteiger charge is 2.15. The Morgan fingerprint density at radius 2 is 1.90 bits per heavy atom. The van der Waals surface area contributed by atoms with Crippen molar-refractivity contribution in [2.24, 2.45) is 7.05 Å². The van der Waals surface area contributed by atoms with Gasteiger partial charge in [0.15, 0.2) is 0 Å². The van der Waals surface area contributed by atoms with Crippen molar-refractivity contribution in [3.05, 3.63) is 42.4 Å². The molecular weight excluding hydrogens is 266 g/mol. The molecule has 2 N–H and O–H groups in total. The van der Waals surface area contributed by atoms with E-state index < -0.39 is 0 Å². The third kappa shape index (κ3) is 2.24. The van der Waals surface area contributed by atoms with Crippen molar-refractivity contribution in [1.82, 2.24) is 19.6 Å². The predicted molar refractivity (Wildman–Crippen MR) is 81.5 cm³/mol. The van der Waals surface area contributed by atoms with Gasteiger partial charge in [0.1, 0.15) is 17.1 Å². The summed E-state index contributed by atoms with van der Waals surface area (Å²) in [4.78, 5) is 0. The van der Waals surface area contributed by atoms with E-state index in [1.54, 1.807) is 22.7 Å². The number of aromatic nitrogens is 4. The second-order valence-corrected chi connectivity index (χ2v) is 4.85. The number of nitrogens with two attached hydrogens (primary N) is 1. The van der Waals surface area contributed by atoms with Crippen molar-refractivity contribution in [1.29, 1.82) is 0 Å². The molecule has 1 aromatic carbocycles. The molecule has 6 nitrogen and oxygen atoms in total. The lowest BCUT2D eigenvalue weighted by molar-refractivity contribution is 0.412. The number of hydrogen-bond acceptors (Lipinski definition) is 4. The molecule has 0 fully saturated rings. The fraction of sp³-hybridized carbons (Fsp3) is 0.200. The van der Waals surface area contributed by atoms with Crippen molar-refractivity contribution in [3.63, 3.8) is 0 Å². The van der Waals surface area contributed by atoms with Gasteiger partial charge in [0.25, 0.3) is 0 Å². The van der Waals surface area contributed by atoms with Crippen molar-refractivity contribution in [2.75, 3.05) is 12.8 Å². The second-order valence-electron chi connectivity index (χ2n) is 4.85. The topological polar surface area (TPSA) is 70.9 Å². The van der Waals surface area contributed by atoms with Crippen LogP contribution in [0, 0.1) is 6.92 Å². The molecule has 0 saturated carbocycles. The van der Waals surface area contributed by atoms with E-state index in [9.17, 15) is 0 Å². The Morgan fingerprint density at radius 1 is 1.14 bits per heavy atom. The average molecular weight is 283 g/mol. The third-order valence-corrected chi connectivity index (χ3v) is 3.34. The summed E-state index contributed by atoms with van der Waals surface area (Å²) in [5, 5.41) is 8.92. The molecule has 0 saturated heterocycles. The van der Waals surface area contributed by atoms with Gasteiger partial charge in [-0.15, -0.1) is 0 Å². The molecule has 0 unspecified atom stereocenters. The van der Waals surface area contributed by atoms with E-state index in [1.807, 2.05) is 44.4 Å². The summed E-state index contributed by atoms with van der Waals surface area (Å²) in [5.41, 5.74) is 10.1. The number of rotatable bonds is 3. The molecule has 6 heteroatoms. The molecule has 2 aromatic heterocycles. The zero-order valence-electron chi connectivity index (χ0n) is 12.2. The van der Waals surface area contributed by atoms with E-state index in [2.05, 4.69) is 10.2 Å². The number of ether oxygens (including phenoxy) is 1. The Kier molecular flexibility index (Phi) is 3.13. The molecule has 0 aliphatic rings. The lowest BCUT2D eigenvalue weighted by Gasteiger charge is -2.07. The standard InChI is InChI=1S/C15H17N5O/c1-10-11(8-19(2)17-10)15-12(16)9-20(18-15)13-6-4-5-7-14(13)21-3/h4-9H,16H2,1-3H3. The lowest BCUT2D eigenvalue weighted by atomic mass is 10.2. The number of nitrogen functional groups attached to an aromatic ring is 1. The molecule has 0 aliphatic heterocycles. The zero-order chi connectivity index (χ0) is 15.0. The van der Waals surface area contributed by atoms with Crippen LogP contribution in [0.25, 0.3) is 16.9 Å². The minimum Gasteiger partial charge on any atom is -0.494 e. The van der Waals surface area contributed by atoms with Gasteiger partial charge in [-0.25, -0.2) is 4.68 Å². The van der Waals surface area contributed by atoms with Crippen LogP contribution >= 0.6 is 0 Å². The van der Waals surface area contributed by atoms with Gasteiger partial charge in [-0.05, 0) is 19.1 Å². The summed E-state index contributed by atoms with van der Waals surface area (Å²) in [6, 6.07) is 7.68. The van der Waals surface area contributed by atoms with Crippen molar-refractivity contribution >= 4 is 5.69 Å². The molecular formula is C15H17N5O. The first kappa shape index (κ1) is 13.2. The summed E-state index contributed by atoms with van der Waals surface area (Å²) < 4.78 is 8.85. The maximum atomic E-state index is 6.12. The molecule has 3 rings (SSSR count). The third-order valence-electron chi connectivity index (χ3n) is 3.34. The molecule has 0 aliphatic carbocycles. The van der Waals surface area contributed by atoms with E-state index >= 15 is 0 Å². The first-order valence-electron chi connectivity index (χ1n) is 6.59. The van der Waals surface area contributed by atoms with Crippen LogP contribution < -0.4 is 10.5 Å². The Labute approximate surface area is 122 Å². The molecule has 0 radical (unpaired) electrons. The summed E-state index contributed by atoms with van der Waals surface area (Å²) in [6.07, 6.45) is 3.71. The Morgan fingerprint density at radius 3 is 2.57 bits per heavy atom. The minimum absolute atomic E-state index is 0.608. The van der Waals surface area contributed by atoms with Crippen LogP contribution in [0.3, 0.4) is 0 Å². The van der Waals surface area contributed by atoms with Gasteiger partial charge in [-0.3, -0.25) is 4.68 Å². The maximum Gasteiger partial charge on any atom is 0.144 e. The Hall–Kier alpha value is -2.76. The predicted octanol–water partition coefficient (Wildman–Crippen LogP) is 2.17. The zero-order valence-corrected chi connectivity index (χ0v) is 12.2. The number of hydrogen-bond donors (Lipinski definition) is 1. The van der Waals surface area contributed by atoms with E-state index in [4.69, 9.17) is 10.5 Å². The largest absolute Gasteiger partial charge is 0.494 e. The number of nitrogens with zero attached hydrogens (tertiary/aromatic N) is 4. The summed E-state index contributed by atoms with van der Waals surface area (Å²) in [5.74, 6) is 0.745. The number of anilines is 1. The highest BCUT2D eigenvalue weighted by molar-refractivity contribution is 5.73. The molecule has 0 atom stereocenters. The second kappa shape index (κ2) is 4.97. The molecule has 0 amide bonds. The van der Waals surface area contributed by atoms with Crippen LogP contribution in [0.2, 0.25) is 0 Å². The van der Waals surface area contributed by atoms with Crippen molar-refractivity contribution in [2.45, 2.75) is 6.92 Å². The first-order chi connectivity index (χ1) is 10.1. The quantitative estimate of drug-likeness (QED) is 0.799. The van der Waals surface area contributed by atoms with E-state index in [1.165, 1.54) is 0 Å². The van der Waals surface area contributed by atoms with Crippen LogP contribution in [-0.2, 0) is 7.05 Å². The van der Waals surface area contributed by atoms with Gasteiger partial charge in [0, 0.05) is 18.8 Å². The number of aryl methyl sites for hydroxylation is 2. The van der Waals surface area contributed by atoms with E-state index in [-0.39, 0.29) is 0 Å². The van der Waals surface area contributed by atoms with Crippen LogP contribution in [0.15, 0.2) is 36.7 Å². The number of methoxy groups -OCH3 is 1. The normalized spacial score (nSPS) is 10.8. The summed E-state index contributed by atoms with van der Waals surface area (Å²) >= 11 is 0. The van der Waals surface area contributed by atoms with Crippen molar-refractivity contribution < 1.29 is 4.74 Å². The smallest absolute Gasteiger partial charge is 0.144 e. The van der Waals surface area contributed by atoms with E-state index in [0.29, 0.717) is 5.69 Å². The van der Waals surface area contributed by atoms with E-state index in [0.717, 1.165) is 28.4 Å². The molecule has 108 valence electrons. The van der Waals surface area contributed by atoms with Crippen LogP contribution in [0.4, 0.5) is 5.69 Å². The molecule has 0 spiro atoms. The molecule has 21 heavy (non-hydrogen) atoms. The molecule has 0 bridgehead atoms. The summed E-state index contributed by atoms with van der Waals surface area (Å²) in [6.45, 7) is 1.94. The maximum absolute atomic E-state index is 6.12. The fourth-order valence-electron chi connectivity index (χ4n) is 2.37. The van der Waals surface area contributed by atoms with Gasteiger partial charge < -0.3 is 10.5 Å². The average Bonchev–Trinajstić information content (AvgIpc) is 3.01. The van der Waals surface area contributed by atoms with Crippen LogP contribution in [0.5, 0.6) is 5.75 Å². The molecule has 2 heterocycles. The highest BCUT2D eigenvalue weighted by Crippen LogP contribution is 2.29. The SMILES string of the molecule is COc1ccccc1-n1cc(N)c(-c2cn(C)nc2C)n1. The van der Waals surface area contributed by atoms with Gasteiger partial charge >= 0.3 is 0 Å². The first-order valence-corrected chi connectivity index (χ1v) is 6.59.